The molecular weight excluding hydrogens is 202 g/mol. The third-order valence-corrected chi connectivity index (χ3v) is 3.24. The van der Waals surface area contributed by atoms with Gasteiger partial charge in [0.25, 0.3) is 0 Å². The van der Waals surface area contributed by atoms with E-state index in [9.17, 15) is 4.79 Å². The molecule has 0 aromatic heterocycles. The molecule has 0 spiro atoms. The number of carbonyl (C=O) groups is 1. The maximum absolute atomic E-state index is 11.1. The lowest BCUT2D eigenvalue weighted by atomic mass is 9.89. The van der Waals surface area contributed by atoms with Crippen LogP contribution in [0.4, 0.5) is 0 Å². The van der Waals surface area contributed by atoms with Gasteiger partial charge in [-0.25, -0.2) is 4.79 Å². The Kier molecular flexibility index (Phi) is 4.57. The van der Waals surface area contributed by atoms with Gasteiger partial charge in [-0.05, 0) is 27.7 Å². The number of quaternary nitrogens is 1. The smallest absolute Gasteiger partial charge is 0.359 e. The second-order valence-electron chi connectivity index (χ2n) is 6.90. The number of rotatable bonds is 4. The summed E-state index contributed by atoms with van der Waals surface area (Å²) < 4.78 is 0.631. The Bertz CT molecular complexity index is 248. The van der Waals surface area contributed by atoms with Crippen LogP contribution in [0.25, 0.3) is 0 Å². The third kappa shape index (κ3) is 4.12. The van der Waals surface area contributed by atoms with Crippen LogP contribution >= 0.6 is 0 Å². The van der Waals surface area contributed by atoms with Crippen LogP contribution in [-0.4, -0.2) is 40.7 Å². The van der Waals surface area contributed by atoms with E-state index in [4.69, 9.17) is 5.11 Å². The molecule has 1 atom stereocenters. The van der Waals surface area contributed by atoms with E-state index >= 15 is 0 Å². The zero-order valence-electron chi connectivity index (χ0n) is 11.9. The van der Waals surface area contributed by atoms with Gasteiger partial charge < -0.3 is 9.59 Å². The van der Waals surface area contributed by atoms with Crippen molar-refractivity contribution < 1.29 is 14.4 Å². The summed E-state index contributed by atoms with van der Waals surface area (Å²) in [4.78, 5) is 11.1. The summed E-state index contributed by atoms with van der Waals surface area (Å²) in [6.07, 6.45) is 0. The highest BCUT2D eigenvalue weighted by atomic mass is 16.4. The number of nitrogens with zero attached hydrogens (tertiary/aromatic N) is 1. The molecule has 0 rings (SSSR count). The summed E-state index contributed by atoms with van der Waals surface area (Å²) in [6.45, 7) is 16.9. The third-order valence-electron chi connectivity index (χ3n) is 3.24. The van der Waals surface area contributed by atoms with Crippen LogP contribution in [0.15, 0.2) is 0 Å². The van der Waals surface area contributed by atoms with Gasteiger partial charge in [-0.15, -0.1) is 0 Å². The minimum atomic E-state index is -0.707. The first-order valence-electron chi connectivity index (χ1n) is 6.01. The lowest BCUT2D eigenvalue weighted by Gasteiger charge is -2.50. The van der Waals surface area contributed by atoms with Gasteiger partial charge in [0.2, 0.25) is 0 Å². The topological polar surface area (TPSA) is 37.3 Å². The minimum absolute atomic E-state index is 0.0413. The molecule has 0 saturated carbocycles. The van der Waals surface area contributed by atoms with Crippen molar-refractivity contribution in [1.82, 2.24) is 0 Å². The van der Waals surface area contributed by atoms with Gasteiger partial charge in [0.05, 0.1) is 18.6 Å². The van der Waals surface area contributed by atoms with Crippen molar-refractivity contribution in [1.29, 1.82) is 0 Å². The highest BCUT2D eigenvalue weighted by molar-refractivity contribution is 5.68. The first-order valence-corrected chi connectivity index (χ1v) is 6.01. The van der Waals surface area contributed by atoms with Gasteiger partial charge in [-0.2, -0.15) is 0 Å². The molecule has 0 aromatic carbocycles. The van der Waals surface area contributed by atoms with E-state index < -0.39 is 5.97 Å². The molecule has 0 heterocycles. The van der Waals surface area contributed by atoms with Gasteiger partial charge in [-0.3, -0.25) is 0 Å². The quantitative estimate of drug-likeness (QED) is 0.754. The Labute approximate surface area is 100 Å². The van der Waals surface area contributed by atoms with E-state index in [1.54, 1.807) is 0 Å². The van der Waals surface area contributed by atoms with Crippen molar-refractivity contribution in [3.05, 3.63) is 0 Å². The lowest BCUT2D eigenvalue weighted by molar-refractivity contribution is -0.967. The average molecular weight is 230 g/mol. The van der Waals surface area contributed by atoms with E-state index in [2.05, 4.69) is 48.5 Å². The minimum Gasteiger partial charge on any atom is -0.477 e. The summed E-state index contributed by atoms with van der Waals surface area (Å²) in [6, 6.07) is 0. The highest BCUT2D eigenvalue weighted by Gasteiger charge is 2.43. The zero-order valence-corrected chi connectivity index (χ0v) is 11.9. The first kappa shape index (κ1) is 15.4. The van der Waals surface area contributed by atoms with Crippen LogP contribution < -0.4 is 0 Å². The van der Waals surface area contributed by atoms with Crippen LogP contribution in [0.3, 0.4) is 0 Å². The van der Waals surface area contributed by atoms with Crippen LogP contribution in [-0.2, 0) is 4.79 Å². The fourth-order valence-electron chi connectivity index (χ4n) is 2.40. The Balaban J connectivity index is 5.21. The molecule has 0 aliphatic heterocycles. The SMILES string of the molecule is CC[N+](CC(=O)O)(CC(C)(C)C)C(C)(C)C. The molecule has 16 heavy (non-hydrogen) atoms. The molecule has 0 bridgehead atoms. The molecule has 0 fully saturated rings. The number of aliphatic carboxylic acids is 1. The Morgan fingerprint density at radius 3 is 1.75 bits per heavy atom. The van der Waals surface area contributed by atoms with Crippen LogP contribution in [0.2, 0.25) is 0 Å². The van der Waals surface area contributed by atoms with Crippen LogP contribution in [0.1, 0.15) is 48.5 Å². The summed E-state index contributed by atoms with van der Waals surface area (Å²) in [7, 11) is 0. The fourth-order valence-corrected chi connectivity index (χ4v) is 2.40. The molecule has 3 heteroatoms. The maximum Gasteiger partial charge on any atom is 0.359 e. The molecule has 0 aliphatic carbocycles. The molecule has 3 nitrogen and oxygen atoms in total. The normalized spacial score (nSPS) is 16.9. The van der Waals surface area contributed by atoms with Gasteiger partial charge >= 0.3 is 5.97 Å². The summed E-state index contributed by atoms with van der Waals surface area (Å²) >= 11 is 0. The molecule has 0 radical (unpaired) electrons. The van der Waals surface area contributed by atoms with Crippen molar-refractivity contribution >= 4 is 5.97 Å². The Morgan fingerprint density at radius 2 is 1.56 bits per heavy atom. The average Bonchev–Trinajstić information content (AvgIpc) is 1.96. The fraction of sp³-hybridized carbons (Fsp3) is 0.923. The van der Waals surface area contributed by atoms with Gasteiger partial charge in [0.1, 0.15) is 0 Å². The second kappa shape index (κ2) is 4.74. The Morgan fingerprint density at radius 1 is 1.12 bits per heavy atom. The van der Waals surface area contributed by atoms with Crippen molar-refractivity contribution in [2.24, 2.45) is 5.41 Å². The van der Waals surface area contributed by atoms with E-state index in [0.717, 1.165) is 13.1 Å². The predicted octanol–water partition coefficient (Wildman–Crippen LogP) is 2.75. The Hall–Kier alpha value is -0.570. The van der Waals surface area contributed by atoms with E-state index in [1.807, 2.05) is 0 Å². The highest BCUT2D eigenvalue weighted by Crippen LogP contribution is 2.30. The molecule has 1 N–H and O–H groups in total. The standard InChI is InChI=1S/C13H27NO2/c1-8-14(9-11(15)16,13(5,6)7)10-12(2,3)4/h8-10H2,1-7H3/p+1. The van der Waals surface area contributed by atoms with Crippen molar-refractivity contribution in [2.45, 2.75) is 54.0 Å². The monoisotopic (exact) mass is 230 g/mol. The zero-order chi connectivity index (χ0) is 13.2. The van der Waals surface area contributed by atoms with Crippen LogP contribution in [0, 0.1) is 5.41 Å². The van der Waals surface area contributed by atoms with E-state index in [1.165, 1.54) is 0 Å². The van der Waals surface area contributed by atoms with Crippen LogP contribution in [0.5, 0.6) is 0 Å². The molecule has 0 saturated heterocycles. The number of hydrogen-bond donors (Lipinski definition) is 1. The largest absolute Gasteiger partial charge is 0.477 e. The number of carboxylic acid groups (broad SMARTS) is 1. The summed E-state index contributed by atoms with van der Waals surface area (Å²) in [5.74, 6) is -0.707. The summed E-state index contributed by atoms with van der Waals surface area (Å²) in [5.41, 5.74) is 0.0964. The first-order chi connectivity index (χ1) is 6.93. The number of hydrogen-bond acceptors (Lipinski definition) is 1. The van der Waals surface area contributed by atoms with Crippen molar-refractivity contribution in [2.75, 3.05) is 19.6 Å². The van der Waals surface area contributed by atoms with E-state index in [0.29, 0.717) is 4.48 Å². The van der Waals surface area contributed by atoms with Gasteiger partial charge in [0.15, 0.2) is 6.54 Å². The molecular formula is C13H28NO2+. The lowest BCUT2D eigenvalue weighted by Crippen LogP contribution is -2.64. The number of carboxylic acids is 1. The number of likely N-dealkylation sites (N-methyl/N-ethyl adjacent to an activating group) is 1. The summed E-state index contributed by atoms with van der Waals surface area (Å²) in [5, 5.41) is 9.12. The van der Waals surface area contributed by atoms with Gasteiger partial charge in [0, 0.05) is 5.41 Å². The molecule has 0 aliphatic rings. The van der Waals surface area contributed by atoms with E-state index in [-0.39, 0.29) is 17.5 Å². The van der Waals surface area contributed by atoms with Crippen molar-refractivity contribution in [3.63, 3.8) is 0 Å². The molecule has 0 aromatic rings. The molecule has 96 valence electrons. The second-order valence-corrected chi connectivity index (χ2v) is 6.90. The molecule has 0 amide bonds. The predicted molar refractivity (Wildman–Crippen MR) is 67.4 cm³/mol. The van der Waals surface area contributed by atoms with Gasteiger partial charge in [-0.1, -0.05) is 20.8 Å². The maximum atomic E-state index is 11.1. The molecule has 1 unspecified atom stereocenters. The van der Waals surface area contributed by atoms with Crippen molar-refractivity contribution in [3.8, 4) is 0 Å².